The topological polar surface area (TPSA) is 217 Å². The van der Waals surface area contributed by atoms with Gasteiger partial charge in [-0.2, -0.15) is 5.10 Å². The van der Waals surface area contributed by atoms with Gasteiger partial charge in [0.05, 0.1) is 52.3 Å². The zero-order valence-corrected chi connectivity index (χ0v) is 47.2. The average Bonchev–Trinajstić information content (AvgIpc) is 4.35. The first-order valence-corrected chi connectivity index (χ1v) is 29.7. The number of ether oxygens (including phenoxy) is 1. The van der Waals surface area contributed by atoms with Gasteiger partial charge in [-0.05, 0) is 137 Å². The number of para-hydroxylation sites is 1. The van der Waals surface area contributed by atoms with Crippen LogP contribution in [0, 0.1) is 24.7 Å². The Balaban J connectivity index is 0.586. The molecule has 19 heteroatoms. The number of nitrogens with zero attached hydrogens (tertiary/aromatic N) is 10. The summed E-state index contributed by atoms with van der Waals surface area (Å²) in [6, 6.07) is 18.5. The number of carbonyl (C=O) groups is 2. The monoisotopic (exact) mass is 1090 g/mol. The molecule has 1 saturated carbocycles. The summed E-state index contributed by atoms with van der Waals surface area (Å²) in [6.45, 7) is 17.5. The molecule has 0 spiro atoms. The number of benzene rings is 2. The summed E-state index contributed by atoms with van der Waals surface area (Å²) in [4.78, 5) is 42.9. The van der Waals surface area contributed by atoms with E-state index in [0.717, 1.165) is 125 Å². The van der Waals surface area contributed by atoms with Crippen LogP contribution < -0.4 is 16.0 Å². The predicted octanol–water partition coefficient (Wildman–Crippen LogP) is 8.36. The number of anilines is 2. The molecule has 6 aromatic rings. The first kappa shape index (κ1) is 54.7. The number of thiazole rings is 1. The molecule has 5 atom stereocenters. The Morgan fingerprint density at radius 1 is 0.886 bits per heavy atom. The van der Waals surface area contributed by atoms with Gasteiger partial charge in [-0.1, -0.05) is 62.3 Å². The second kappa shape index (κ2) is 23.8. The fraction of sp³-hybridized carbons (Fsp3) is 0.550. The van der Waals surface area contributed by atoms with E-state index in [2.05, 4.69) is 58.6 Å². The molecule has 420 valence electrons. The van der Waals surface area contributed by atoms with Gasteiger partial charge in [0, 0.05) is 69.6 Å². The number of hydrogen-bond donors (Lipinski definition) is 4. The molecule has 5 N–H and O–H groups in total. The standard InChI is InChI=1S/C60H78N12O6S/c1-36(2)56(60(76)71-34-46(73)28-52(71)59(75)64-38(4)42-10-12-43(13-11-42)57-39(5)62-35-79-57)54-30-55(67-78-54)70-22-14-40(15-23-70)32-68-20-18-47(19-21-68)77-48-26-45(27-48)69-24-16-41(17-25-69)37(3)44-31-63-72(33-44)51-29-50(65-66-58(51)61)49-8-6-7-9-53(49)74/h6-13,29-31,33,35-38,40-41,45-48,52,56,73-74H,14-28,32,34H2,1-5H3,(H2,61,66)(H,64,75)/t37-,38+,45?,46-,48?,52+,56-/m1/s1. The number of β-amino-alcohol motifs (C(OH)–C–C–N with tert-alkyl or cyclic N) is 1. The summed E-state index contributed by atoms with van der Waals surface area (Å²) in [5, 5.41) is 41.9. The van der Waals surface area contributed by atoms with Crippen molar-refractivity contribution < 1.29 is 29.1 Å². The summed E-state index contributed by atoms with van der Waals surface area (Å²) in [5.74, 6) is 1.94. The second-order valence-corrected chi connectivity index (χ2v) is 24.4. The Hall–Kier alpha value is -6.25. The molecule has 4 aliphatic heterocycles. The van der Waals surface area contributed by atoms with E-state index in [1.165, 1.54) is 5.56 Å². The van der Waals surface area contributed by atoms with Crippen LogP contribution in [-0.2, 0) is 14.3 Å². The number of nitrogen functional groups attached to an aromatic ring is 1. The molecule has 5 fully saturated rings. The van der Waals surface area contributed by atoms with Crippen molar-refractivity contribution in [2.45, 2.75) is 141 Å². The van der Waals surface area contributed by atoms with Crippen LogP contribution in [-0.4, -0.2) is 150 Å². The van der Waals surface area contributed by atoms with Crippen molar-refractivity contribution in [3.63, 3.8) is 0 Å². The Labute approximate surface area is 467 Å². The van der Waals surface area contributed by atoms with Crippen LogP contribution in [0.1, 0.15) is 126 Å². The third kappa shape index (κ3) is 12.1. The summed E-state index contributed by atoms with van der Waals surface area (Å²) >= 11 is 1.60. The number of phenolic OH excluding ortho intramolecular Hbond substituents is 1. The zero-order chi connectivity index (χ0) is 54.9. The lowest BCUT2D eigenvalue weighted by Crippen LogP contribution is -2.52. The maximum absolute atomic E-state index is 14.4. The Bertz CT molecular complexity index is 3020. The van der Waals surface area contributed by atoms with Gasteiger partial charge in [0.2, 0.25) is 11.8 Å². The third-order valence-electron chi connectivity index (χ3n) is 18.0. The molecule has 4 saturated heterocycles. The van der Waals surface area contributed by atoms with Crippen LogP contribution in [0.3, 0.4) is 0 Å². The number of rotatable bonds is 17. The molecule has 2 amide bonds. The van der Waals surface area contributed by atoms with Crippen molar-refractivity contribution >= 4 is 34.8 Å². The number of aliphatic hydroxyl groups is 1. The van der Waals surface area contributed by atoms with Gasteiger partial charge in [-0.25, -0.2) is 9.67 Å². The highest BCUT2D eigenvalue weighted by atomic mass is 32.1. The first-order valence-electron chi connectivity index (χ1n) is 28.8. The smallest absolute Gasteiger partial charge is 0.243 e. The molecule has 5 aliphatic rings. The molecule has 2 aromatic carbocycles. The van der Waals surface area contributed by atoms with Crippen molar-refractivity contribution in [1.29, 1.82) is 0 Å². The number of amides is 2. The molecule has 0 unspecified atom stereocenters. The highest BCUT2D eigenvalue weighted by molar-refractivity contribution is 7.13. The Morgan fingerprint density at radius 3 is 2.34 bits per heavy atom. The molecule has 0 bridgehead atoms. The number of aryl methyl sites for hydroxylation is 1. The lowest BCUT2D eigenvalue weighted by atomic mass is 9.80. The van der Waals surface area contributed by atoms with Crippen molar-refractivity contribution in [2.75, 3.05) is 63.0 Å². The quantitative estimate of drug-likeness (QED) is 0.0675. The number of hydrogen-bond acceptors (Lipinski definition) is 16. The molecule has 4 aromatic heterocycles. The summed E-state index contributed by atoms with van der Waals surface area (Å²) in [7, 11) is 0. The highest BCUT2D eigenvalue weighted by Gasteiger charge is 2.44. The van der Waals surface area contributed by atoms with Gasteiger partial charge in [0.25, 0.3) is 0 Å². The minimum Gasteiger partial charge on any atom is -0.507 e. The fourth-order valence-corrected chi connectivity index (χ4v) is 13.8. The number of carbonyl (C=O) groups excluding carboxylic acids is 2. The average molecular weight is 1100 g/mol. The van der Waals surface area contributed by atoms with E-state index in [1.54, 1.807) is 33.1 Å². The predicted molar refractivity (Wildman–Crippen MR) is 305 cm³/mol. The van der Waals surface area contributed by atoms with Crippen LogP contribution >= 0.6 is 11.3 Å². The Morgan fingerprint density at radius 2 is 1.63 bits per heavy atom. The SMILES string of the molecule is Cc1ncsc1-c1ccc([C@H](C)NC(=O)[C@@H]2C[C@@H](O)CN2C(=O)[C@@H](c2cc(N3CCC(CN4CCC(OC5CC(N6CCC([C@@H](C)c7cnn(-c8cc(-c9ccccc9O)nnc8N)c7)CC6)C5)CC4)CC3)no2)C(C)C)cc1. The lowest BCUT2D eigenvalue weighted by molar-refractivity contribution is -0.141. The molecule has 18 nitrogen and oxygen atoms in total. The maximum atomic E-state index is 14.4. The van der Waals surface area contributed by atoms with Gasteiger partial charge in [0.1, 0.15) is 23.4 Å². The molecular weight excluding hydrogens is 1020 g/mol. The fourth-order valence-electron chi connectivity index (χ4n) is 13.0. The van der Waals surface area contributed by atoms with Crippen LogP contribution in [0.4, 0.5) is 11.6 Å². The summed E-state index contributed by atoms with van der Waals surface area (Å²) < 4.78 is 14.5. The normalized spacial score (nSPS) is 23.2. The van der Waals surface area contributed by atoms with Crippen LogP contribution in [0.5, 0.6) is 5.75 Å². The minimum atomic E-state index is -0.797. The van der Waals surface area contributed by atoms with Gasteiger partial charge >= 0.3 is 0 Å². The van der Waals surface area contributed by atoms with Gasteiger partial charge in [-0.15, -0.1) is 21.5 Å². The maximum Gasteiger partial charge on any atom is 0.243 e. The highest BCUT2D eigenvalue weighted by Crippen LogP contribution is 2.39. The molecule has 79 heavy (non-hydrogen) atoms. The second-order valence-electron chi connectivity index (χ2n) is 23.5. The number of nitrogens with one attached hydrogen (secondary N) is 1. The lowest BCUT2D eigenvalue weighted by Gasteiger charge is -2.47. The molecule has 1 aliphatic carbocycles. The van der Waals surface area contributed by atoms with E-state index >= 15 is 0 Å². The van der Waals surface area contributed by atoms with Crippen molar-refractivity contribution in [1.82, 2.24) is 50.1 Å². The number of phenols is 1. The first-order chi connectivity index (χ1) is 38.2. The van der Waals surface area contributed by atoms with Crippen molar-refractivity contribution in [3.8, 4) is 33.1 Å². The molecule has 0 radical (unpaired) electrons. The van der Waals surface area contributed by atoms with E-state index in [0.29, 0.717) is 58.7 Å². The van der Waals surface area contributed by atoms with E-state index < -0.39 is 18.1 Å². The number of piperidine rings is 3. The van der Waals surface area contributed by atoms with Gasteiger partial charge < -0.3 is 50.1 Å². The summed E-state index contributed by atoms with van der Waals surface area (Å²) in [5.41, 5.74) is 14.1. The van der Waals surface area contributed by atoms with Crippen molar-refractivity contribution in [2.24, 2.45) is 17.8 Å². The van der Waals surface area contributed by atoms with Gasteiger partial charge in [-0.3, -0.25) is 9.59 Å². The van der Waals surface area contributed by atoms with Crippen LogP contribution in [0.15, 0.2) is 83.1 Å². The molecule has 11 rings (SSSR count). The molecular formula is C60H78N12O6S. The Kier molecular flexibility index (Phi) is 16.5. The summed E-state index contributed by atoms with van der Waals surface area (Å²) in [6.07, 6.45) is 13.0. The van der Waals surface area contributed by atoms with E-state index in [4.69, 9.17) is 15.0 Å². The van der Waals surface area contributed by atoms with Crippen molar-refractivity contribution in [3.05, 3.63) is 101 Å². The van der Waals surface area contributed by atoms with Crippen LogP contribution in [0.25, 0.3) is 27.4 Å². The minimum absolute atomic E-state index is 0.0905. The molecule has 8 heterocycles. The van der Waals surface area contributed by atoms with E-state index in [1.807, 2.05) is 87.9 Å². The number of likely N-dealkylation sites (tertiary alicyclic amines) is 3. The van der Waals surface area contributed by atoms with Crippen LogP contribution in [0.2, 0.25) is 0 Å². The number of nitrogens with two attached hydrogens (primary N) is 1. The number of aliphatic hydroxyl groups excluding tert-OH is 1. The van der Waals surface area contributed by atoms with E-state index in [9.17, 15) is 19.8 Å². The number of aromatic nitrogens is 6. The van der Waals surface area contributed by atoms with Gasteiger partial charge in [0.15, 0.2) is 17.4 Å². The van der Waals surface area contributed by atoms with E-state index in [-0.39, 0.29) is 48.3 Å². The largest absolute Gasteiger partial charge is 0.507 e. The number of aromatic hydroxyl groups is 1. The third-order valence-corrected chi connectivity index (χ3v) is 19.0. The zero-order valence-electron chi connectivity index (χ0n) is 46.4.